The lowest BCUT2D eigenvalue weighted by Crippen LogP contribution is -2.30. The molecule has 11 aromatic carbocycles. The number of nitrogens with zero attached hydrogens (tertiary/aromatic N) is 4. The maximum atomic E-state index is 2.42. The van der Waals surface area contributed by atoms with Gasteiger partial charge in [0.1, 0.15) is 11.4 Å². The van der Waals surface area contributed by atoms with E-state index in [1.165, 1.54) is 88.1 Å². The van der Waals surface area contributed by atoms with Gasteiger partial charge in [0.15, 0.2) is 22.1 Å². The van der Waals surface area contributed by atoms with E-state index in [4.69, 9.17) is 0 Å². The Morgan fingerprint density at radius 1 is 0.257 bits per heavy atom. The van der Waals surface area contributed by atoms with Crippen LogP contribution < -0.4 is 9.13 Å². The third-order valence-corrected chi connectivity index (χ3v) is 14.3. The Morgan fingerprint density at radius 3 is 0.957 bits per heavy atom. The molecule has 0 spiro atoms. The molecule has 330 valence electrons. The van der Waals surface area contributed by atoms with Crippen LogP contribution in [0.3, 0.4) is 0 Å². The zero-order valence-electron chi connectivity index (χ0n) is 39.0. The molecule has 0 saturated carbocycles. The number of hydrogen-bond donors (Lipinski definition) is 0. The number of rotatable bonds is 8. The van der Waals surface area contributed by atoms with E-state index >= 15 is 0 Å². The van der Waals surface area contributed by atoms with Gasteiger partial charge in [-0.05, 0) is 151 Å². The number of para-hydroxylation sites is 6. The van der Waals surface area contributed by atoms with Crippen molar-refractivity contribution >= 4 is 43.6 Å². The monoisotopic (exact) mass is 896 g/mol. The summed E-state index contributed by atoms with van der Waals surface area (Å²) < 4.78 is 9.36. The van der Waals surface area contributed by atoms with Gasteiger partial charge in [-0.15, -0.1) is 0 Å². The van der Waals surface area contributed by atoms with Gasteiger partial charge in [0, 0.05) is 0 Å². The van der Waals surface area contributed by atoms with Gasteiger partial charge in [-0.25, -0.2) is 9.13 Å². The van der Waals surface area contributed by atoms with E-state index in [1.807, 2.05) is 0 Å². The molecule has 0 aliphatic rings. The molecule has 13 aromatic rings. The molecule has 70 heavy (non-hydrogen) atoms. The molecule has 0 unspecified atom stereocenters. The van der Waals surface area contributed by atoms with Crippen molar-refractivity contribution < 1.29 is 9.13 Å². The SMILES string of the molecule is C[n+]1c(-c2ccc(-c3ccc4c(-c5ccccc5)c5cc(-c6ccc(-c7n(-c8ccccc8)c8ccccc8[n+]7C)cc6)ccc5c(-c5ccccc5)c4c3)cc2)n(-c2ccccc2)c2ccccc21. The predicted molar refractivity (Wildman–Crippen MR) is 290 cm³/mol. The first-order chi connectivity index (χ1) is 34.6. The lowest BCUT2D eigenvalue weighted by molar-refractivity contribution is -0.633. The van der Waals surface area contributed by atoms with Gasteiger partial charge in [0.25, 0.3) is 11.6 Å². The molecule has 0 radical (unpaired) electrons. The van der Waals surface area contributed by atoms with Crippen molar-refractivity contribution in [2.24, 2.45) is 14.1 Å². The molecular weight excluding hydrogens is 849 g/mol. The first-order valence-electron chi connectivity index (χ1n) is 24.0. The fraction of sp³-hybridized carbons (Fsp3) is 0.0303. The topological polar surface area (TPSA) is 17.6 Å². The quantitative estimate of drug-likeness (QED) is 0.107. The Hall–Kier alpha value is -9.12. The van der Waals surface area contributed by atoms with E-state index < -0.39 is 0 Å². The summed E-state index contributed by atoms with van der Waals surface area (Å²) >= 11 is 0. The number of aryl methyl sites for hydroxylation is 2. The summed E-state index contributed by atoms with van der Waals surface area (Å²) in [6.45, 7) is 0. The summed E-state index contributed by atoms with van der Waals surface area (Å²) in [4.78, 5) is 0. The van der Waals surface area contributed by atoms with Crippen molar-refractivity contribution in [3.05, 3.63) is 255 Å². The highest BCUT2D eigenvalue weighted by Gasteiger charge is 2.28. The molecular formula is C66H48N4+2. The molecule has 0 saturated heterocycles. The van der Waals surface area contributed by atoms with Crippen LogP contribution in [0.5, 0.6) is 0 Å². The van der Waals surface area contributed by atoms with Crippen LogP contribution in [-0.2, 0) is 14.1 Å². The molecule has 2 heterocycles. The van der Waals surface area contributed by atoms with Crippen LogP contribution >= 0.6 is 0 Å². The molecule has 0 aliphatic heterocycles. The van der Waals surface area contributed by atoms with Crippen molar-refractivity contribution in [2.45, 2.75) is 0 Å². The molecule has 0 atom stereocenters. The molecule has 0 amide bonds. The van der Waals surface area contributed by atoms with Crippen LogP contribution in [0.1, 0.15) is 0 Å². The van der Waals surface area contributed by atoms with Crippen molar-refractivity contribution in [1.29, 1.82) is 0 Å². The van der Waals surface area contributed by atoms with E-state index in [1.54, 1.807) is 0 Å². The second-order valence-electron chi connectivity index (χ2n) is 18.2. The maximum Gasteiger partial charge on any atom is 0.294 e. The highest BCUT2D eigenvalue weighted by Crippen LogP contribution is 2.46. The molecule has 0 bridgehead atoms. The molecule has 0 aliphatic carbocycles. The predicted octanol–water partition coefficient (Wildman–Crippen LogP) is 15.5. The van der Waals surface area contributed by atoms with E-state index in [2.05, 4.69) is 287 Å². The number of imidazole rings is 2. The first kappa shape index (κ1) is 41.1. The lowest BCUT2D eigenvalue weighted by Gasteiger charge is -2.19. The minimum absolute atomic E-state index is 1.14. The van der Waals surface area contributed by atoms with Crippen molar-refractivity contribution in [3.8, 4) is 78.7 Å². The van der Waals surface area contributed by atoms with Crippen LogP contribution in [0.2, 0.25) is 0 Å². The average Bonchev–Trinajstić information content (AvgIpc) is 3.90. The summed E-state index contributed by atoms with van der Waals surface area (Å²) in [6, 6.07) is 92.9. The van der Waals surface area contributed by atoms with Crippen LogP contribution in [0.25, 0.3) is 122 Å². The molecule has 2 aromatic heterocycles. The Labute approximate surface area is 407 Å². The van der Waals surface area contributed by atoms with Crippen molar-refractivity contribution in [1.82, 2.24) is 9.13 Å². The molecule has 13 rings (SSSR count). The summed E-state index contributed by atoms with van der Waals surface area (Å²) in [5, 5.41) is 4.92. The van der Waals surface area contributed by atoms with Gasteiger partial charge in [-0.3, -0.25) is 0 Å². The van der Waals surface area contributed by atoms with Gasteiger partial charge in [-0.1, -0.05) is 170 Å². The van der Waals surface area contributed by atoms with Gasteiger partial charge < -0.3 is 0 Å². The molecule has 0 fully saturated rings. The van der Waals surface area contributed by atoms with Gasteiger partial charge in [0.05, 0.1) is 25.2 Å². The zero-order chi connectivity index (χ0) is 46.7. The number of hydrogen-bond acceptors (Lipinski definition) is 0. The molecule has 0 N–H and O–H groups in total. The Morgan fingerprint density at radius 2 is 0.571 bits per heavy atom. The number of fused-ring (bicyclic) bond motifs is 4. The molecule has 4 nitrogen and oxygen atoms in total. The minimum atomic E-state index is 1.14. The van der Waals surface area contributed by atoms with E-state index in [0.717, 1.165) is 34.2 Å². The Bertz CT molecular complexity index is 3810. The maximum absolute atomic E-state index is 2.42. The summed E-state index contributed by atoms with van der Waals surface area (Å²) in [5.41, 5.74) is 18.9. The first-order valence-corrected chi connectivity index (χ1v) is 24.0. The summed E-state index contributed by atoms with van der Waals surface area (Å²) in [6.07, 6.45) is 0. The smallest absolute Gasteiger partial charge is 0.225 e. The van der Waals surface area contributed by atoms with Crippen LogP contribution in [-0.4, -0.2) is 9.13 Å². The number of aromatic nitrogens is 4. The van der Waals surface area contributed by atoms with Crippen molar-refractivity contribution in [2.75, 3.05) is 0 Å². The third kappa shape index (κ3) is 6.76. The second-order valence-corrected chi connectivity index (χ2v) is 18.2. The van der Waals surface area contributed by atoms with Crippen molar-refractivity contribution in [3.63, 3.8) is 0 Å². The van der Waals surface area contributed by atoms with Gasteiger partial charge in [0.2, 0.25) is 0 Å². The van der Waals surface area contributed by atoms with Crippen LogP contribution in [0.4, 0.5) is 0 Å². The van der Waals surface area contributed by atoms with E-state index in [0.29, 0.717) is 0 Å². The highest BCUT2D eigenvalue weighted by molar-refractivity contribution is 6.22. The van der Waals surface area contributed by atoms with Gasteiger partial charge >= 0.3 is 0 Å². The minimum Gasteiger partial charge on any atom is -0.225 e. The highest BCUT2D eigenvalue weighted by atomic mass is 15.2. The van der Waals surface area contributed by atoms with Crippen LogP contribution in [0.15, 0.2) is 255 Å². The fourth-order valence-corrected chi connectivity index (χ4v) is 11.0. The van der Waals surface area contributed by atoms with E-state index in [9.17, 15) is 0 Å². The third-order valence-electron chi connectivity index (χ3n) is 14.3. The average molecular weight is 897 g/mol. The zero-order valence-corrected chi connectivity index (χ0v) is 39.0. The lowest BCUT2D eigenvalue weighted by atomic mass is 9.84. The Balaban J connectivity index is 0.955. The fourth-order valence-electron chi connectivity index (χ4n) is 11.0. The standard InChI is InChI=1S/C66H48N4/c1-67-59-27-15-17-29-61(59)69(53-23-11-5-12-24-53)65(67)49-35-31-45(32-36-49)51-39-41-55-57(43-51)63(47-19-7-3-8-20-47)56-42-40-52(44-58(56)64(55)48-21-9-4-10-22-48)46-33-37-50(38-34-46)66-68(2)60-28-16-18-30-62(60)70(66)54-25-13-6-14-26-54/h3-44H,1-2H3/q+2. The second kappa shape index (κ2) is 16.9. The van der Waals surface area contributed by atoms with Gasteiger partial charge in [-0.2, -0.15) is 9.13 Å². The number of benzene rings is 11. The Kier molecular flexibility index (Phi) is 9.91. The summed E-state index contributed by atoms with van der Waals surface area (Å²) in [5.74, 6) is 2.28. The molecule has 4 heteroatoms. The van der Waals surface area contributed by atoms with E-state index in [-0.39, 0.29) is 0 Å². The summed E-state index contributed by atoms with van der Waals surface area (Å²) in [7, 11) is 4.33. The normalized spacial score (nSPS) is 11.6. The van der Waals surface area contributed by atoms with Crippen LogP contribution in [0, 0.1) is 0 Å². The largest absolute Gasteiger partial charge is 0.294 e.